The lowest BCUT2D eigenvalue weighted by atomic mass is 10.2. The van der Waals surface area contributed by atoms with Crippen molar-refractivity contribution in [2.24, 2.45) is 0 Å². The number of piperazine rings is 1. The van der Waals surface area contributed by atoms with Gasteiger partial charge in [0.2, 0.25) is 0 Å². The van der Waals surface area contributed by atoms with Crippen LogP contribution in [0.4, 0.5) is 0 Å². The summed E-state index contributed by atoms with van der Waals surface area (Å²) in [5.74, 6) is 0. The quantitative estimate of drug-likeness (QED) is 0.379. The minimum Gasteiger partial charge on any atom is -0.391 e. The molecule has 0 saturated carbocycles. The van der Waals surface area contributed by atoms with Crippen molar-refractivity contribution < 1.29 is 5.11 Å². The third-order valence-corrected chi connectivity index (χ3v) is 2.20. The van der Waals surface area contributed by atoms with Crippen LogP contribution in [0.1, 0.15) is 6.42 Å². The zero-order valence-electron chi connectivity index (χ0n) is 5.30. The summed E-state index contributed by atoms with van der Waals surface area (Å²) in [4.78, 5) is 0. The molecule has 2 fully saturated rings. The first-order chi connectivity index (χ1) is 4.36. The summed E-state index contributed by atoms with van der Waals surface area (Å²) in [5.41, 5.74) is 0. The summed E-state index contributed by atoms with van der Waals surface area (Å²) >= 11 is 0. The zero-order chi connectivity index (χ0) is 6.27. The molecule has 3 heteroatoms. The molecule has 2 heterocycles. The molecule has 0 spiro atoms. The van der Waals surface area contributed by atoms with Crippen molar-refractivity contribution in [2.45, 2.75) is 24.6 Å². The summed E-state index contributed by atoms with van der Waals surface area (Å²) in [7, 11) is 0. The van der Waals surface area contributed by atoms with E-state index in [-0.39, 0.29) is 6.10 Å². The molecule has 52 valence electrons. The van der Waals surface area contributed by atoms with Crippen molar-refractivity contribution in [3.8, 4) is 0 Å². The van der Waals surface area contributed by atoms with Gasteiger partial charge in [-0.2, -0.15) is 0 Å². The summed E-state index contributed by atoms with van der Waals surface area (Å²) < 4.78 is 0. The van der Waals surface area contributed by atoms with Crippen molar-refractivity contribution in [2.75, 3.05) is 13.1 Å². The van der Waals surface area contributed by atoms with Crippen LogP contribution in [0.5, 0.6) is 0 Å². The second-order valence-corrected chi connectivity index (χ2v) is 2.93. The average Bonchev–Trinajstić information content (AvgIpc) is 2.09. The Morgan fingerprint density at radius 3 is 2.89 bits per heavy atom. The highest BCUT2D eigenvalue weighted by molar-refractivity contribution is 4.96. The lowest BCUT2D eigenvalue weighted by Gasteiger charge is -2.21. The third-order valence-electron chi connectivity index (χ3n) is 2.20. The minimum absolute atomic E-state index is 0.106. The van der Waals surface area contributed by atoms with E-state index in [0.29, 0.717) is 12.1 Å². The van der Waals surface area contributed by atoms with Gasteiger partial charge in [-0.05, 0) is 6.42 Å². The van der Waals surface area contributed by atoms with E-state index in [2.05, 4.69) is 10.6 Å². The van der Waals surface area contributed by atoms with Gasteiger partial charge < -0.3 is 15.7 Å². The molecule has 9 heavy (non-hydrogen) atoms. The van der Waals surface area contributed by atoms with E-state index in [0.717, 1.165) is 19.5 Å². The lowest BCUT2D eigenvalue weighted by Crippen LogP contribution is -2.50. The Hall–Kier alpha value is -0.120. The Kier molecular flexibility index (Phi) is 1.22. The van der Waals surface area contributed by atoms with Crippen LogP contribution < -0.4 is 10.6 Å². The topological polar surface area (TPSA) is 44.3 Å². The van der Waals surface area contributed by atoms with E-state index in [4.69, 9.17) is 0 Å². The highest BCUT2D eigenvalue weighted by Crippen LogP contribution is 2.15. The van der Waals surface area contributed by atoms with Crippen molar-refractivity contribution in [1.29, 1.82) is 0 Å². The molecule has 3 N–H and O–H groups in total. The molecule has 2 aliphatic rings. The molecular weight excluding hydrogens is 116 g/mol. The molecule has 0 aromatic carbocycles. The van der Waals surface area contributed by atoms with E-state index in [1.807, 2.05) is 0 Å². The number of hydrogen-bond donors (Lipinski definition) is 3. The Balaban J connectivity index is 2.07. The molecule has 0 aromatic heterocycles. The third kappa shape index (κ3) is 0.852. The SMILES string of the molecule is O[C@@H]1C[C@H]2CNC[C@@H]1N2. The second kappa shape index (κ2) is 1.94. The van der Waals surface area contributed by atoms with Crippen LogP contribution in [0.15, 0.2) is 0 Å². The van der Waals surface area contributed by atoms with Gasteiger partial charge in [0.1, 0.15) is 0 Å². The largest absolute Gasteiger partial charge is 0.391 e. The van der Waals surface area contributed by atoms with E-state index < -0.39 is 0 Å². The highest BCUT2D eigenvalue weighted by atomic mass is 16.3. The van der Waals surface area contributed by atoms with Gasteiger partial charge >= 0.3 is 0 Å². The molecule has 3 nitrogen and oxygen atoms in total. The maximum atomic E-state index is 9.30. The average molecular weight is 128 g/mol. The van der Waals surface area contributed by atoms with E-state index in [9.17, 15) is 5.11 Å². The fourth-order valence-corrected chi connectivity index (χ4v) is 1.69. The Bertz CT molecular complexity index is 116. The normalized spacial score (nSPS) is 49.7. The van der Waals surface area contributed by atoms with Crippen molar-refractivity contribution in [1.82, 2.24) is 10.6 Å². The lowest BCUT2D eigenvalue weighted by molar-refractivity contribution is 0.161. The number of rotatable bonds is 0. The first-order valence-electron chi connectivity index (χ1n) is 3.51. The molecule has 0 aliphatic carbocycles. The van der Waals surface area contributed by atoms with Gasteiger partial charge in [0.25, 0.3) is 0 Å². The molecule has 2 bridgehead atoms. The Labute approximate surface area is 54.4 Å². The molecule has 0 radical (unpaired) electrons. The van der Waals surface area contributed by atoms with Crippen LogP contribution in [0, 0.1) is 0 Å². The van der Waals surface area contributed by atoms with Gasteiger partial charge in [0, 0.05) is 25.2 Å². The molecule has 0 amide bonds. The van der Waals surface area contributed by atoms with Crippen LogP contribution in [0.3, 0.4) is 0 Å². The molecule has 2 aliphatic heterocycles. The van der Waals surface area contributed by atoms with Crippen LogP contribution in [-0.2, 0) is 0 Å². The fraction of sp³-hybridized carbons (Fsp3) is 1.00. The predicted octanol–water partition coefficient (Wildman–Crippen LogP) is -1.32. The number of hydrogen-bond acceptors (Lipinski definition) is 3. The minimum atomic E-state index is -0.106. The van der Waals surface area contributed by atoms with E-state index >= 15 is 0 Å². The van der Waals surface area contributed by atoms with Gasteiger partial charge in [0.05, 0.1) is 6.10 Å². The first kappa shape index (κ1) is 5.65. The maximum Gasteiger partial charge on any atom is 0.0721 e. The van der Waals surface area contributed by atoms with E-state index in [1.54, 1.807) is 0 Å². The number of fused-ring (bicyclic) bond motifs is 2. The maximum absolute atomic E-state index is 9.30. The van der Waals surface area contributed by atoms with Gasteiger partial charge in [-0.25, -0.2) is 0 Å². The summed E-state index contributed by atoms with van der Waals surface area (Å²) in [6.45, 7) is 1.95. The Morgan fingerprint density at radius 2 is 2.22 bits per heavy atom. The number of aliphatic hydroxyl groups is 1. The summed E-state index contributed by atoms with van der Waals surface area (Å²) in [5, 5.41) is 15.9. The van der Waals surface area contributed by atoms with Crippen LogP contribution >= 0.6 is 0 Å². The van der Waals surface area contributed by atoms with Gasteiger partial charge in [-0.15, -0.1) is 0 Å². The smallest absolute Gasteiger partial charge is 0.0721 e. The molecule has 0 unspecified atom stereocenters. The van der Waals surface area contributed by atoms with Gasteiger partial charge in [0.15, 0.2) is 0 Å². The van der Waals surface area contributed by atoms with Crippen LogP contribution in [0.2, 0.25) is 0 Å². The van der Waals surface area contributed by atoms with Crippen LogP contribution in [-0.4, -0.2) is 36.4 Å². The fourth-order valence-electron chi connectivity index (χ4n) is 1.69. The van der Waals surface area contributed by atoms with Gasteiger partial charge in [-0.1, -0.05) is 0 Å². The second-order valence-electron chi connectivity index (χ2n) is 2.93. The van der Waals surface area contributed by atoms with Crippen molar-refractivity contribution >= 4 is 0 Å². The molecule has 2 rings (SSSR count). The zero-order valence-corrected chi connectivity index (χ0v) is 5.30. The summed E-state index contributed by atoms with van der Waals surface area (Å²) in [6.07, 6.45) is 0.822. The standard InChI is InChI=1S/C6H12N2O/c9-6-1-4-2-7-3-5(6)8-4/h4-9H,1-3H2/t4-,5-,6+/m0/s1. The molecule has 2 saturated heterocycles. The number of aliphatic hydroxyl groups excluding tert-OH is 1. The van der Waals surface area contributed by atoms with Crippen molar-refractivity contribution in [3.05, 3.63) is 0 Å². The molecule has 0 aromatic rings. The summed E-state index contributed by atoms with van der Waals surface area (Å²) in [6, 6.07) is 0.850. The van der Waals surface area contributed by atoms with Crippen molar-refractivity contribution in [3.63, 3.8) is 0 Å². The predicted molar refractivity (Wildman–Crippen MR) is 34.2 cm³/mol. The van der Waals surface area contributed by atoms with Gasteiger partial charge in [-0.3, -0.25) is 0 Å². The monoisotopic (exact) mass is 128 g/mol. The first-order valence-corrected chi connectivity index (χ1v) is 3.51. The molecule has 3 atom stereocenters. The molecular formula is C6H12N2O. The van der Waals surface area contributed by atoms with Crippen LogP contribution in [0.25, 0.3) is 0 Å². The number of nitrogens with one attached hydrogen (secondary N) is 2. The highest BCUT2D eigenvalue weighted by Gasteiger charge is 2.34. The Morgan fingerprint density at radius 1 is 1.33 bits per heavy atom. The van der Waals surface area contributed by atoms with E-state index in [1.165, 1.54) is 0 Å².